The maximum Gasteiger partial charge on any atom is 0.242 e. The van der Waals surface area contributed by atoms with Crippen molar-refractivity contribution in [3.63, 3.8) is 0 Å². The van der Waals surface area contributed by atoms with Crippen molar-refractivity contribution in [2.45, 2.75) is 37.5 Å². The van der Waals surface area contributed by atoms with E-state index in [-0.39, 0.29) is 28.6 Å². The highest BCUT2D eigenvalue weighted by atomic mass is 32.2. The lowest BCUT2D eigenvalue weighted by molar-refractivity contribution is -0.127. The van der Waals surface area contributed by atoms with Crippen LogP contribution in [0.5, 0.6) is 0 Å². The van der Waals surface area contributed by atoms with Crippen LogP contribution in [0, 0.1) is 5.82 Å². The van der Waals surface area contributed by atoms with Crippen molar-refractivity contribution in [2.24, 2.45) is 0 Å². The predicted octanol–water partition coefficient (Wildman–Crippen LogP) is 2.40. The van der Waals surface area contributed by atoms with Gasteiger partial charge in [-0.1, -0.05) is 12.1 Å². The van der Waals surface area contributed by atoms with Gasteiger partial charge in [-0.3, -0.25) is 9.59 Å². The molecule has 2 atom stereocenters. The fourth-order valence-electron chi connectivity index (χ4n) is 2.37. The molecule has 1 fully saturated rings. The molecule has 120 valence electrons. The molecule has 0 aromatic heterocycles. The number of halogens is 1. The molecular weight excluding hydrogens is 303 g/mol. The average Bonchev–Trinajstić information content (AvgIpc) is 2.70. The topological polar surface area (TPSA) is 58.2 Å². The third-order valence-electron chi connectivity index (χ3n) is 3.65. The van der Waals surface area contributed by atoms with Gasteiger partial charge in [-0.05, 0) is 43.9 Å². The fourth-order valence-corrected chi connectivity index (χ4v) is 3.19. The second-order valence-corrected chi connectivity index (χ2v) is 6.74. The molecule has 0 unspecified atom stereocenters. The van der Waals surface area contributed by atoms with E-state index in [0.29, 0.717) is 13.0 Å². The van der Waals surface area contributed by atoms with E-state index in [9.17, 15) is 14.0 Å². The van der Waals surface area contributed by atoms with Gasteiger partial charge in [0.15, 0.2) is 0 Å². The molecule has 1 saturated heterocycles. The molecule has 0 radical (unpaired) electrons. The summed E-state index contributed by atoms with van der Waals surface area (Å²) >= 11 is 1.43. The highest BCUT2D eigenvalue weighted by Gasteiger charge is 2.22. The number of hydrogen-bond acceptors (Lipinski definition) is 3. The van der Waals surface area contributed by atoms with Crippen molar-refractivity contribution < 1.29 is 14.0 Å². The zero-order valence-electron chi connectivity index (χ0n) is 12.6. The zero-order chi connectivity index (χ0) is 15.9. The van der Waals surface area contributed by atoms with Crippen LogP contribution in [0.15, 0.2) is 24.3 Å². The van der Waals surface area contributed by atoms with Gasteiger partial charge in [0.2, 0.25) is 11.8 Å². The number of benzene rings is 1. The molecule has 1 aliphatic heterocycles. The van der Waals surface area contributed by atoms with Crippen LogP contribution < -0.4 is 10.6 Å². The Kier molecular flexibility index (Phi) is 6.24. The molecule has 2 N–H and O–H groups in total. The molecule has 0 spiro atoms. The summed E-state index contributed by atoms with van der Waals surface area (Å²) in [5.74, 6) is -0.282. The van der Waals surface area contributed by atoms with Gasteiger partial charge < -0.3 is 10.6 Å². The lowest BCUT2D eigenvalue weighted by Crippen LogP contribution is -2.46. The van der Waals surface area contributed by atoms with E-state index in [2.05, 4.69) is 10.6 Å². The van der Waals surface area contributed by atoms with E-state index in [1.54, 1.807) is 6.07 Å². The molecule has 6 heteroatoms. The van der Waals surface area contributed by atoms with Gasteiger partial charge in [-0.15, -0.1) is 11.8 Å². The molecule has 1 aromatic carbocycles. The van der Waals surface area contributed by atoms with Crippen molar-refractivity contribution in [1.29, 1.82) is 0 Å². The normalized spacial score (nSPS) is 19.9. The summed E-state index contributed by atoms with van der Waals surface area (Å²) in [4.78, 5) is 23.8. The molecule has 1 heterocycles. The van der Waals surface area contributed by atoms with Gasteiger partial charge in [0, 0.05) is 11.8 Å². The first-order valence-electron chi connectivity index (χ1n) is 7.50. The minimum atomic E-state index is -0.430. The summed E-state index contributed by atoms with van der Waals surface area (Å²) in [5.41, 5.74) is 0.852. The summed E-state index contributed by atoms with van der Waals surface area (Å²) in [5, 5.41) is 5.59. The smallest absolute Gasteiger partial charge is 0.242 e. The van der Waals surface area contributed by atoms with Crippen LogP contribution in [0.1, 0.15) is 37.0 Å². The quantitative estimate of drug-likeness (QED) is 0.874. The Bertz CT molecular complexity index is 539. The van der Waals surface area contributed by atoms with E-state index >= 15 is 0 Å². The number of thioether (sulfide) groups is 1. The molecule has 1 aromatic rings. The summed E-state index contributed by atoms with van der Waals surface area (Å²) in [6.07, 6.45) is 2.56. The third-order valence-corrected chi connectivity index (χ3v) is 4.85. The molecule has 1 aliphatic rings. The lowest BCUT2D eigenvalue weighted by Gasteiger charge is -2.16. The highest BCUT2D eigenvalue weighted by molar-refractivity contribution is 8.00. The summed E-state index contributed by atoms with van der Waals surface area (Å²) < 4.78 is 13.2. The van der Waals surface area contributed by atoms with Gasteiger partial charge >= 0.3 is 0 Å². The maximum atomic E-state index is 13.2. The first kappa shape index (κ1) is 16.8. The van der Waals surface area contributed by atoms with Crippen LogP contribution in [-0.2, 0) is 9.59 Å². The standard InChI is InChI=1S/C16H21FN2O2S/c1-11(12-5-4-6-13(17)9-12)22-10-15(20)19-14-7-2-3-8-18-16(14)21/h4-6,9,11,14H,2-3,7-8,10H2,1H3,(H,18,21)(H,19,20)/t11-,14-/m0/s1. The van der Waals surface area contributed by atoms with Gasteiger partial charge in [-0.25, -0.2) is 4.39 Å². The minimum absolute atomic E-state index is 0.0180. The number of carbonyl (C=O) groups excluding carboxylic acids is 2. The molecule has 0 aliphatic carbocycles. The van der Waals surface area contributed by atoms with Crippen molar-refractivity contribution in [3.8, 4) is 0 Å². The third kappa shape index (κ3) is 5.02. The van der Waals surface area contributed by atoms with Crippen molar-refractivity contribution >= 4 is 23.6 Å². The monoisotopic (exact) mass is 324 g/mol. The predicted molar refractivity (Wildman–Crippen MR) is 86.1 cm³/mol. The van der Waals surface area contributed by atoms with Gasteiger partial charge in [0.05, 0.1) is 5.75 Å². The van der Waals surface area contributed by atoms with Crippen LogP contribution in [0.25, 0.3) is 0 Å². The molecular formula is C16H21FN2O2S. The van der Waals surface area contributed by atoms with Crippen LogP contribution in [-0.4, -0.2) is 30.2 Å². The summed E-state index contributed by atoms with van der Waals surface area (Å²) in [6.45, 7) is 2.61. The number of hydrogen-bond donors (Lipinski definition) is 2. The lowest BCUT2D eigenvalue weighted by atomic mass is 10.1. The SMILES string of the molecule is C[C@H](SCC(=O)N[C@H]1CCCCNC1=O)c1cccc(F)c1. The zero-order valence-corrected chi connectivity index (χ0v) is 13.4. The van der Waals surface area contributed by atoms with Crippen LogP contribution in [0.3, 0.4) is 0 Å². The van der Waals surface area contributed by atoms with Crippen molar-refractivity contribution in [2.75, 3.05) is 12.3 Å². The highest BCUT2D eigenvalue weighted by Crippen LogP contribution is 2.28. The summed E-state index contributed by atoms with van der Waals surface area (Å²) in [6, 6.07) is 5.96. The minimum Gasteiger partial charge on any atom is -0.354 e. The van der Waals surface area contributed by atoms with E-state index in [0.717, 1.165) is 18.4 Å². The number of amides is 2. The molecule has 2 amide bonds. The Morgan fingerprint density at radius 1 is 1.50 bits per heavy atom. The average molecular weight is 324 g/mol. The largest absolute Gasteiger partial charge is 0.354 e. The Balaban J connectivity index is 1.80. The van der Waals surface area contributed by atoms with Gasteiger partial charge in [0.1, 0.15) is 11.9 Å². The molecule has 0 bridgehead atoms. The fraction of sp³-hybridized carbons (Fsp3) is 0.500. The number of rotatable bonds is 5. The molecule has 22 heavy (non-hydrogen) atoms. The Morgan fingerprint density at radius 3 is 3.09 bits per heavy atom. The Hall–Kier alpha value is -1.56. The number of carbonyl (C=O) groups is 2. The van der Waals surface area contributed by atoms with Crippen molar-refractivity contribution in [1.82, 2.24) is 10.6 Å². The first-order valence-corrected chi connectivity index (χ1v) is 8.55. The van der Waals surface area contributed by atoms with Crippen LogP contribution in [0.4, 0.5) is 4.39 Å². The number of nitrogens with one attached hydrogen (secondary N) is 2. The first-order chi connectivity index (χ1) is 10.6. The van der Waals surface area contributed by atoms with Crippen LogP contribution >= 0.6 is 11.8 Å². The van der Waals surface area contributed by atoms with E-state index < -0.39 is 6.04 Å². The van der Waals surface area contributed by atoms with E-state index in [4.69, 9.17) is 0 Å². The van der Waals surface area contributed by atoms with Crippen LogP contribution in [0.2, 0.25) is 0 Å². The Morgan fingerprint density at radius 2 is 2.32 bits per heavy atom. The van der Waals surface area contributed by atoms with Crippen molar-refractivity contribution in [3.05, 3.63) is 35.6 Å². The molecule has 2 rings (SSSR count). The van der Waals surface area contributed by atoms with Gasteiger partial charge in [-0.2, -0.15) is 0 Å². The second kappa shape index (κ2) is 8.17. The van der Waals surface area contributed by atoms with E-state index in [1.165, 1.54) is 23.9 Å². The maximum absolute atomic E-state index is 13.2. The molecule has 0 saturated carbocycles. The van der Waals surface area contributed by atoms with Gasteiger partial charge in [0.25, 0.3) is 0 Å². The Labute approximate surface area is 134 Å². The van der Waals surface area contributed by atoms with E-state index in [1.807, 2.05) is 13.0 Å². The summed E-state index contributed by atoms with van der Waals surface area (Å²) in [7, 11) is 0. The second-order valence-electron chi connectivity index (χ2n) is 5.42. The molecule has 4 nitrogen and oxygen atoms in total.